The maximum atomic E-state index is 13.1. The summed E-state index contributed by atoms with van der Waals surface area (Å²) in [7, 11) is 1.64. The molecule has 2 aliphatic heterocycles. The van der Waals surface area contributed by atoms with Crippen LogP contribution in [0.3, 0.4) is 0 Å². The first kappa shape index (κ1) is 22.5. The lowest BCUT2D eigenvalue weighted by atomic mass is 9.99. The van der Waals surface area contributed by atoms with Gasteiger partial charge in [-0.2, -0.15) is 0 Å². The Kier molecular flexibility index (Phi) is 6.06. The van der Waals surface area contributed by atoms with E-state index >= 15 is 0 Å². The SMILES string of the molecule is COc1ccc2c(c1)CCN(C(=O)CN1C(=O)COc3cc(-c4cc(Cl)cc(Cl)c4)cnc31)C2. The van der Waals surface area contributed by atoms with Gasteiger partial charge in [-0.15, -0.1) is 0 Å². The van der Waals surface area contributed by atoms with Gasteiger partial charge < -0.3 is 14.4 Å². The standard InChI is InChI=1S/C25H21Cl2N3O4/c1-33-21-3-2-16-12-29(5-4-15(16)8-21)23(31)13-30-24(32)14-34-22-9-18(11-28-25(22)30)17-6-19(26)10-20(27)7-17/h2-3,6-11H,4-5,12-14H2,1H3. The van der Waals surface area contributed by atoms with Crippen LogP contribution in [0.4, 0.5) is 5.82 Å². The van der Waals surface area contributed by atoms with E-state index in [1.807, 2.05) is 18.2 Å². The Morgan fingerprint density at radius 1 is 1.09 bits per heavy atom. The van der Waals surface area contributed by atoms with Crippen molar-refractivity contribution in [3.63, 3.8) is 0 Å². The maximum Gasteiger partial charge on any atom is 0.266 e. The van der Waals surface area contributed by atoms with Gasteiger partial charge in [0.25, 0.3) is 5.91 Å². The molecular weight excluding hydrogens is 477 g/mol. The normalized spacial score (nSPS) is 14.9. The van der Waals surface area contributed by atoms with Crippen molar-refractivity contribution in [2.45, 2.75) is 13.0 Å². The van der Waals surface area contributed by atoms with E-state index in [4.69, 9.17) is 32.7 Å². The van der Waals surface area contributed by atoms with Gasteiger partial charge in [-0.05, 0) is 59.5 Å². The summed E-state index contributed by atoms with van der Waals surface area (Å²) < 4.78 is 10.9. The molecule has 0 fully saturated rings. The van der Waals surface area contributed by atoms with Crippen LogP contribution in [-0.2, 0) is 22.6 Å². The van der Waals surface area contributed by atoms with E-state index in [1.54, 1.807) is 42.5 Å². The number of carbonyl (C=O) groups is 2. The molecule has 0 bridgehead atoms. The van der Waals surface area contributed by atoms with Gasteiger partial charge in [0.1, 0.15) is 12.3 Å². The summed E-state index contributed by atoms with van der Waals surface area (Å²) in [4.78, 5) is 33.4. The molecule has 0 saturated heterocycles. The van der Waals surface area contributed by atoms with Gasteiger partial charge in [0.2, 0.25) is 5.91 Å². The molecule has 34 heavy (non-hydrogen) atoms. The van der Waals surface area contributed by atoms with Crippen LogP contribution in [0, 0.1) is 0 Å². The van der Waals surface area contributed by atoms with E-state index in [9.17, 15) is 9.59 Å². The number of methoxy groups -OCH3 is 1. The molecule has 174 valence electrons. The Hall–Kier alpha value is -3.29. The van der Waals surface area contributed by atoms with Gasteiger partial charge in [0.15, 0.2) is 18.2 Å². The monoisotopic (exact) mass is 497 g/mol. The first-order valence-corrected chi connectivity index (χ1v) is 11.5. The Labute approximate surface area is 206 Å². The molecule has 3 heterocycles. The summed E-state index contributed by atoms with van der Waals surface area (Å²) in [6, 6.07) is 12.9. The number of anilines is 1. The Morgan fingerprint density at radius 2 is 1.88 bits per heavy atom. The highest BCUT2D eigenvalue weighted by atomic mass is 35.5. The Bertz CT molecular complexity index is 1280. The number of carbonyl (C=O) groups excluding carboxylic acids is 2. The van der Waals surface area contributed by atoms with Gasteiger partial charge in [-0.3, -0.25) is 14.5 Å². The summed E-state index contributed by atoms with van der Waals surface area (Å²) >= 11 is 12.3. The summed E-state index contributed by atoms with van der Waals surface area (Å²) in [5, 5.41) is 1.01. The van der Waals surface area contributed by atoms with E-state index in [1.165, 1.54) is 10.5 Å². The van der Waals surface area contributed by atoms with Crippen molar-refractivity contribution in [1.82, 2.24) is 9.88 Å². The number of fused-ring (bicyclic) bond motifs is 2. The van der Waals surface area contributed by atoms with Crippen LogP contribution in [0.2, 0.25) is 10.0 Å². The molecule has 2 aromatic carbocycles. The van der Waals surface area contributed by atoms with E-state index in [0.717, 1.165) is 28.9 Å². The average molecular weight is 498 g/mol. The largest absolute Gasteiger partial charge is 0.497 e. The lowest BCUT2D eigenvalue weighted by Gasteiger charge is -2.33. The molecule has 2 aliphatic rings. The molecule has 0 radical (unpaired) electrons. The molecule has 2 amide bonds. The lowest BCUT2D eigenvalue weighted by molar-refractivity contribution is -0.132. The molecule has 0 saturated carbocycles. The minimum Gasteiger partial charge on any atom is -0.497 e. The highest BCUT2D eigenvalue weighted by Crippen LogP contribution is 2.35. The van der Waals surface area contributed by atoms with Gasteiger partial charge in [0.05, 0.1) is 7.11 Å². The van der Waals surface area contributed by atoms with Gasteiger partial charge in [0, 0.05) is 34.9 Å². The Balaban J connectivity index is 1.35. The number of hydrogen-bond acceptors (Lipinski definition) is 5. The van der Waals surface area contributed by atoms with E-state index < -0.39 is 0 Å². The van der Waals surface area contributed by atoms with Crippen LogP contribution >= 0.6 is 23.2 Å². The molecule has 1 aromatic heterocycles. The van der Waals surface area contributed by atoms with Crippen LogP contribution in [0.25, 0.3) is 11.1 Å². The predicted octanol–water partition coefficient (Wildman–Crippen LogP) is 4.37. The Morgan fingerprint density at radius 3 is 2.65 bits per heavy atom. The molecular formula is C25H21Cl2N3O4. The molecule has 0 unspecified atom stereocenters. The zero-order valence-corrected chi connectivity index (χ0v) is 19.9. The number of halogens is 2. The minimum atomic E-state index is -0.311. The van der Waals surface area contributed by atoms with Crippen LogP contribution in [0.15, 0.2) is 48.7 Å². The van der Waals surface area contributed by atoms with Crippen molar-refractivity contribution < 1.29 is 19.1 Å². The number of ether oxygens (including phenoxy) is 2. The molecule has 3 aromatic rings. The summed E-state index contributed by atoms with van der Waals surface area (Å²) in [5.41, 5.74) is 3.77. The van der Waals surface area contributed by atoms with Gasteiger partial charge >= 0.3 is 0 Å². The fourth-order valence-electron chi connectivity index (χ4n) is 4.23. The minimum absolute atomic E-state index is 0.101. The highest BCUT2D eigenvalue weighted by molar-refractivity contribution is 6.35. The van der Waals surface area contributed by atoms with Gasteiger partial charge in [-0.1, -0.05) is 29.3 Å². The fraction of sp³-hybridized carbons (Fsp3) is 0.240. The first-order valence-electron chi connectivity index (χ1n) is 10.7. The number of pyridine rings is 1. The number of nitrogens with zero attached hydrogens (tertiary/aromatic N) is 3. The topological polar surface area (TPSA) is 72.0 Å². The molecule has 0 spiro atoms. The average Bonchev–Trinajstić information content (AvgIpc) is 2.84. The number of rotatable bonds is 4. The fourth-order valence-corrected chi connectivity index (χ4v) is 4.75. The highest BCUT2D eigenvalue weighted by Gasteiger charge is 2.31. The van der Waals surface area contributed by atoms with Crippen molar-refractivity contribution in [1.29, 1.82) is 0 Å². The third-order valence-corrected chi connectivity index (χ3v) is 6.44. The number of hydrogen-bond donors (Lipinski definition) is 0. The van der Waals surface area contributed by atoms with Gasteiger partial charge in [-0.25, -0.2) is 4.98 Å². The molecule has 0 N–H and O–H groups in total. The third-order valence-electron chi connectivity index (χ3n) is 6.01. The number of amides is 2. The molecule has 9 heteroatoms. The van der Waals surface area contributed by atoms with Crippen molar-refractivity contribution in [3.8, 4) is 22.6 Å². The molecule has 7 nitrogen and oxygen atoms in total. The van der Waals surface area contributed by atoms with Crippen LogP contribution in [0.1, 0.15) is 11.1 Å². The lowest BCUT2D eigenvalue weighted by Crippen LogP contribution is -2.47. The number of benzene rings is 2. The predicted molar refractivity (Wildman–Crippen MR) is 130 cm³/mol. The number of aromatic nitrogens is 1. The van der Waals surface area contributed by atoms with E-state index in [-0.39, 0.29) is 25.0 Å². The molecule has 5 rings (SSSR count). The van der Waals surface area contributed by atoms with Crippen LogP contribution in [0.5, 0.6) is 11.5 Å². The zero-order chi connectivity index (χ0) is 23.8. The quantitative estimate of drug-likeness (QED) is 0.534. The van der Waals surface area contributed by atoms with Crippen molar-refractivity contribution in [2.24, 2.45) is 0 Å². The first-order chi connectivity index (χ1) is 16.4. The van der Waals surface area contributed by atoms with Crippen molar-refractivity contribution in [3.05, 3.63) is 69.8 Å². The van der Waals surface area contributed by atoms with Crippen molar-refractivity contribution >= 4 is 40.8 Å². The molecule has 0 atom stereocenters. The van der Waals surface area contributed by atoms with E-state index in [0.29, 0.717) is 34.7 Å². The second kappa shape index (κ2) is 9.16. The smallest absolute Gasteiger partial charge is 0.266 e. The van der Waals surface area contributed by atoms with Crippen molar-refractivity contribution in [2.75, 3.05) is 31.7 Å². The second-order valence-corrected chi connectivity index (χ2v) is 9.05. The van der Waals surface area contributed by atoms with E-state index in [2.05, 4.69) is 4.98 Å². The van der Waals surface area contributed by atoms with Crippen LogP contribution < -0.4 is 14.4 Å². The summed E-state index contributed by atoms with van der Waals surface area (Å²) in [6.07, 6.45) is 2.35. The maximum absolute atomic E-state index is 13.1. The summed E-state index contributed by atoms with van der Waals surface area (Å²) in [5.74, 6) is 1.10. The zero-order valence-electron chi connectivity index (χ0n) is 18.4. The third kappa shape index (κ3) is 4.41. The molecule has 0 aliphatic carbocycles. The second-order valence-electron chi connectivity index (χ2n) is 8.17. The van der Waals surface area contributed by atoms with Crippen LogP contribution in [-0.4, -0.2) is 48.5 Å². The summed E-state index contributed by atoms with van der Waals surface area (Å²) in [6.45, 7) is 0.804.